The van der Waals surface area contributed by atoms with Gasteiger partial charge < -0.3 is 4.74 Å². The fourth-order valence-corrected chi connectivity index (χ4v) is 2.25. The lowest BCUT2D eigenvalue weighted by atomic mass is 9.93. The molecule has 1 aliphatic heterocycles. The second-order valence-electron chi connectivity index (χ2n) is 4.63. The molecule has 0 saturated heterocycles. The van der Waals surface area contributed by atoms with Crippen LogP contribution >= 0.6 is 0 Å². The Morgan fingerprint density at radius 3 is 2.79 bits per heavy atom. The first kappa shape index (κ1) is 14.1. The molecule has 0 bridgehead atoms. The number of rotatable bonds is 4. The van der Waals surface area contributed by atoms with Gasteiger partial charge in [-0.2, -0.15) is 13.2 Å². The van der Waals surface area contributed by atoms with Gasteiger partial charge >= 0.3 is 6.18 Å². The van der Waals surface area contributed by atoms with Crippen molar-refractivity contribution in [1.82, 2.24) is 0 Å². The van der Waals surface area contributed by atoms with Gasteiger partial charge in [0, 0.05) is 12.8 Å². The molecule has 1 atom stereocenters. The molecule has 1 heterocycles. The van der Waals surface area contributed by atoms with Crippen LogP contribution in [0.2, 0.25) is 0 Å². The first-order chi connectivity index (χ1) is 8.97. The molecule has 1 unspecified atom stereocenters. The van der Waals surface area contributed by atoms with E-state index in [0.717, 1.165) is 17.5 Å². The zero-order chi connectivity index (χ0) is 13.9. The number of hydrogen-bond donors (Lipinski definition) is 0. The molecule has 19 heavy (non-hydrogen) atoms. The summed E-state index contributed by atoms with van der Waals surface area (Å²) in [4.78, 5) is 12.0. The minimum atomic E-state index is -4.20. The Bertz CT molecular complexity index is 454. The molecule has 0 aromatic heterocycles. The summed E-state index contributed by atoms with van der Waals surface area (Å²) in [6.45, 7) is 0.437. The summed E-state index contributed by atoms with van der Waals surface area (Å²) in [6, 6.07) is 7.42. The van der Waals surface area contributed by atoms with Gasteiger partial charge in [-0.15, -0.1) is 0 Å². The Morgan fingerprint density at radius 2 is 2.05 bits per heavy atom. The molecule has 0 N–H and O–H groups in total. The molecule has 0 fully saturated rings. The van der Waals surface area contributed by atoms with E-state index in [9.17, 15) is 18.0 Å². The summed E-state index contributed by atoms with van der Waals surface area (Å²) >= 11 is 0. The topological polar surface area (TPSA) is 26.3 Å². The van der Waals surface area contributed by atoms with E-state index >= 15 is 0 Å². The van der Waals surface area contributed by atoms with Crippen LogP contribution in [-0.4, -0.2) is 18.6 Å². The first-order valence-corrected chi connectivity index (χ1v) is 6.26. The molecule has 1 aliphatic rings. The van der Waals surface area contributed by atoms with E-state index in [4.69, 9.17) is 4.74 Å². The van der Waals surface area contributed by atoms with Gasteiger partial charge in [0.1, 0.15) is 6.10 Å². The summed E-state index contributed by atoms with van der Waals surface area (Å²) in [5.74, 6) is -0.267. The Hall–Kier alpha value is -1.36. The number of Topliss-reactive ketones (excluding diaryl/α,β-unsaturated/α-hetero) is 1. The van der Waals surface area contributed by atoms with E-state index in [0.29, 0.717) is 6.61 Å². The SMILES string of the molecule is O=C(CCCC(F)(F)F)C1OCCc2ccccc21. The summed E-state index contributed by atoms with van der Waals surface area (Å²) in [7, 11) is 0. The molecule has 1 aromatic carbocycles. The van der Waals surface area contributed by atoms with Crippen molar-refractivity contribution in [3.63, 3.8) is 0 Å². The maximum atomic E-state index is 12.0. The number of alkyl halides is 3. The van der Waals surface area contributed by atoms with Crippen LogP contribution in [-0.2, 0) is 16.0 Å². The number of ketones is 1. The van der Waals surface area contributed by atoms with Crippen LogP contribution < -0.4 is 0 Å². The van der Waals surface area contributed by atoms with Crippen LogP contribution in [0.3, 0.4) is 0 Å². The highest BCUT2D eigenvalue weighted by Gasteiger charge is 2.30. The normalized spacial score (nSPS) is 19.0. The predicted octanol–water partition coefficient (Wildman–Crippen LogP) is 3.60. The molecule has 104 valence electrons. The third-order valence-electron chi connectivity index (χ3n) is 3.17. The molecule has 0 radical (unpaired) electrons. The van der Waals surface area contributed by atoms with Crippen LogP contribution in [0.25, 0.3) is 0 Å². The van der Waals surface area contributed by atoms with Gasteiger partial charge in [0.25, 0.3) is 0 Å². The average Bonchev–Trinajstić information content (AvgIpc) is 2.36. The van der Waals surface area contributed by atoms with Gasteiger partial charge in [0.15, 0.2) is 5.78 Å². The Morgan fingerprint density at radius 1 is 1.32 bits per heavy atom. The standard InChI is InChI=1S/C14H15F3O2/c15-14(16,17)8-3-6-12(18)13-11-5-2-1-4-10(11)7-9-19-13/h1-2,4-5,13H,3,6-9H2. The van der Waals surface area contributed by atoms with Crippen LogP contribution in [0, 0.1) is 0 Å². The summed E-state index contributed by atoms with van der Waals surface area (Å²) in [5.41, 5.74) is 1.84. The Labute approximate surface area is 109 Å². The second kappa shape index (κ2) is 5.74. The van der Waals surface area contributed by atoms with Crippen molar-refractivity contribution in [2.24, 2.45) is 0 Å². The molecule has 1 aromatic rings. The maximum absolute atomic E-state index is 12.0. The maximum Gasteiger partial charge on any atom is 0.389 e. The van der Waals surface area contributed by atoms with E-state index in [-0.39, 0.29) is 18.6 Å². The minimum absolute atomic E-state index is 0.0987. The van der Waals surface area contributed by atoms with Gasteiger partial charge in [-0.3, -0.25) is 4.79 Å². The second-order valence-corrected chi connectivity index (χ2v) is 4.63. The zero-order valence-electron chi connectivity index (χ0n) is 10.4. The van der Waals surface area contributed by atoms with Gasteiger partial charge in [0.2, 0.25) is 0 Å². The van der Waals surface area contributed by atoms with Gasteiger partial charge in [-0.1, -0.05) is 24.3 Å². The fraction of sp³-hybridized carbons (Fsp3) is 0.500. The molecule has 5 heteroatoms. The molecule has 2 rings (SSSR count). The molecular weight excluding hydrogens is 257 g/mol. The van der Waals surface area contributed by atoms with Crippen molar-refractivity contribution in [3.8, 4) is 0 Å². The van der Waals surface area contributed by atoms with Crippen molar-refractivity contribution in [1.29, 1.82) is 0 Å². The number of hydrogen-bond acceptors (Lipinski definition) is 2. The Kier molecular flexibility index (Phi) is 4.24. The average molecular weight is 272 g/mol. The van der Waals surface area contributed by atoms with E-state index < -0.39 is 18.7 Å². The third-order valence-corrected chi connectivity index (χ3v) is 3.17. The molecule has 0 aliphatic carbocycles. The van der Waals surface area contributed by atoms with E-state index in [1.807, 2.05) is 18.2 Å². The van der Waals surface area contributed by atoms with Crippen molar-refractivity contribution >= 4 is 5.78 Å². The molecule has 0 amide bonds. The fourth-order valence-electron chi connectivity index (χ4n) is 2.25. The number of ether oxygens (including phenoxy) is 1. The van der Waals surface area contributed by atoms with Crippen molar-refractivity contribution in [3.05, 3.63) is 35.4 Å². The van der Waals surface area contributed by atoms with Crippen molar-refractivity contribution in [2.45, 2.75) is 38.0 Å². The zero-order valence-corrected chi connectivity index (χ0v) is 10.4. The quantitative estimate of drug-likeness (QED) is 0.837. The lowest BCUT2D eigenvalue weighted by Crippen LogP contribution is -2.23. The molecule has 0 saturated carbocycles. The Balaban J connectivity index is 1.97. The highest BCUT2D eigenvalue weighted by Crippen LogP contribution is 2.30. The summed E-state index contributed by atoms with van der Waals surface area (Å²) < 4.78 is 41.6. The van der Waals surface area contributed by atoms with E-state index in [1.165, 1.54) is 0 Å². The third kappa shape index (κ3) is 3.80. The number of carbonyl (C=O) groups is 1. The van der Waals surface area contributed by atoms with E-state index in [2.05, 4.69) is 0 Å². The van der Waals surface area contributed by atoms with Crippen LogP contribution in [0.4, 0.5) is 13.2 Å². The van der Waals surface area contributed by atoms with Crippen LogP contribution in [0.5, 0.6) is 0 Å². The smallest absolute Gasteiger partial charge is 0.365 e. The lowest BCUT2D eigenvalue weighted by molar-refractivity contribution is -0.140. The van der Waals surface area contributed by atoms with Crippen LogP contribution in [0.15, 0.2) is 24.3 Å². The summed E-state index contributed by atoms with van der Waals surface area (Å²) in [5, 5.41) is 0. The van der Waals surface area contributed by atoms with Crippen molar-refractivity contribution in [2.75, 3.05) is 6.61 Å². The highest BCUT2D eigenvalue weighted by atomic mass is 19.4. The highest BCUT2D eigenvalue weighted by molar-refractivity contribution is 5.85. The lowest BCUT2D eigenvalue weighted by Gasteiger charge is -2.25. The first-order valence-electron chi connectivity index (χ1n) is 6.26. The monoisotopic (exact) mass is 272 g/mol. The van der Waals surface area contributed by atoms with Gasteiger partial charge in [-0.05, 0) is 24.0 Å². The number of halogens is 3. The predicted molar refractivity (Wildman–Crippen MR) is 63.8 cm³/mol. The number of benzene rings is 1. The van der Waals surface area contributed by atoms with Gasteiger partial charge in [-0.25, -0.2) is 0 Å². The van der Waals surface area contributed by atoms with Crippen molar-refractivity contribution < 1.29 is 22.7 Å². The summed E-state index contributed by atoms with van der Waals surface area (Å²) in [6.07, 6.45) is -5.36. The number of carbonyl (C=O) groups excluding carboxylic acids is 1. The largest absolute Gasteiger partial charge is 0.389 e. The minimum Gasteiger partial charge on any atom is -0.365 e. The van der Waals surface area contributed by atoms with Crippen LogP contribution in [0.1, 0.15) is 36.5 Å². The molecule has 0 spiro atoms. The van der Waals surface area contributed by atoms with Gasteiger partial charge in [0.05, 0.1) is 6.61 Å². The number of fused-ring (bicyclic) bond motifs is 1. The van der Waals surface area contributed by atoms with E-state index in [1.54, 1.807) is 6.07 Å². The molecule has 2 nitrogen and oxygen atoms in total. The molecular formula is C14H15F3O2.